The summed E-state index contributed by atoms with van der Waals surface area (Å²) in [6.07, 6.45) is -2.12. The van der Waals surface area contributed by atoms with E-state index < -0.39 is 12.1 Å². The summed E-state index contributed by atoms with van der Waals surface area (Å²) in [6, 6.07) is -0.0469. The van der Waals surface area contributed by atoms with E-state index in [0.717, 1.165) is 23.4 Å². The standard InChI is InChI=1S/C14H22F3N3/c1-9-13(10(2)20(3)19-9)8-18-12-6-4-5-11(7-12)14(15,16)17/h11-12,18H,4-8H2,1-3H3/t11-,12-/m1/s1. The van der Waals surface area contributed by atoms with Crippen molar-refractivity contribution in [3.05, 3.63) is 17.0 Å². The smallest absolute Gasteiger partial charge is 0.310 e. The second-order valence-corrected chi connectivity index (χ2v) is 5.76. The fourth-order valence-corrected chi connectivity index (χ4v) is 2.99. The van der Waals surface area contributed by atoms with Gasteiger partial charge in [-0.2, -0.15) is 18.3 Å². The zero-order valence-corrected chi connectivity index (χ0v) is 12.2. The highest BCUT2D eigenvalue weighted by Crippen LogP contribution is 2.37. The van der Waals surface area contributed by atoms with Gasteiger partial charge in [0, 0.05) is 30.9 Å². The Morgan fingerprint density at radius 2 is 2.00 bits per heavy atom. The van der Waals surface area contributed by atoms with Gasteiger partial charge in [0.2, 0.25) is 0 Å². The highest BCUT2D eigenvalue weighted by atomic mass is 19.4. The lowest BCUT2D eigenvalue weighted by Gasteiger charge is -2.31. The molecule has 1 N–H and O–H groups in total. The van der Waals surface area contributed by atoms with Crippen LogP contribution in [-0.2, 0) is 13.6 Å². The first-order valence-electron chi connectivity index (χ1n) is 7.08. The summed E-state index contributed by atoms with van der Waals surface area (Å²) in [5, 5.41) is 7.61. The lowest BCUT2D eigenvalue weighted by atomic mass is 9.85. The number of hydrogen-bond donors (Lipinski definition) is 1. The van der Waals surface area contributed by atoms with E-state index in [9.17, 15) is 13.2 Å². The summed E-state index contributed by atoms with van der Waals surface area (Å²) in [7, 11) is 1.88. The van der Waals surface area contributed by atoms with E-state index in [-0.39, 0.29) is 18.9 Å². The molecule has 114 valence electrons. The molecule has 0 radical (unpaired) electrons. The monoisotopic (exact) mass is 289 g/mol. The Morgan fingerprint density at radius 3 is 2.55 bits per heavy atom. The van der Waals surface area contributed by atoms with Gasteiger partial charge < -0.3 is 5.32 Å². The summed E-state index contributed by atoms with van der Waals surface area (Å²) in [5.41, 5.74) is 3.11. The average Bonchev–Trinajstić information content (AvgIpc) is 2.61. The van der Waals surface area contributed by atoms with Gasteiger partial charge in [-0.05, 0) is 33.1 Å². The third-order valence-electron chi connectivity index (χ3n) is 4.36. The van der Waals surface area contributed by atoms with Crippen LogP contribution in [-0.4, -0.2) is 22.0 Å². The number of halogens is 3. The summed E-state index contributed by atoms with van der Waals surface area (Å²) in [6.45, 7) is 4.51. The molecule has 0 aromatic carbocycles. The number of aromatic nitrogens is 2. The molecular weight excluding hydrogens is 267 g/mol. The summed E-state index contributed by atoms with van der Waals surface area (Å²) in [5.74, 6) is -1.15. The van der Waals surface area contributed by atoms with Crippen LogP contribution in [0.25, 0.3) is 0 Å². The van der Waals surface area contributed by atoms with Crippen molar-refractivity contribution < 1.29 is 13.2 Å². The Labute approximate surface area is 117 Å². The van der Waals surface area contributed by atoms with Crippen molar-refractivity contribution in [3.8, 4) is 0 Å². The molecule has 2 rings (SSSR count). The maximum atomic E-state index is 12.8. The first-order valence-corrected chi connectivity index (χ1v) is 7.08. The molecule has 0 aliphatic heterocycles. The first kappa shape index (κ1) is 15.4. The third-order valence-corrected chi connectivity index (χ3v) is 4.36. The van der Waals surface area contributed by atoms with Gasteiger partial charge >= 0.3 is 6.18 Å². The van der Waals surface area contributed by atoms with E-state index in [4.69, 9.17) is 0 Å². The number of rotatable bonds is 3. The van der Waals surface area contributed by atoms with Gasteiger partial charge in [0.05, 0.1) is 11.6 Å². The molecule has 0 bridgehead atoms. The maximum absolute atomic E-state index is 12.8. The van der Waals surface area contributed by atoms with Gasteiger partial charge in [0.1, 0.15) is 0 Å². The minimum absolute atomic E-state index is 0.0469. The van der Waals surface area contributed by atoms with Crippen molar-refractivity contribution >= 4 is 0 Å². The molecule has 0 unspecified atom stereocenters. The molecule has 0 saturated heterocycles. The first-order chi connectivity index (χ1) is 9.29. The Bertz CT molecular complexity index is 465. The van der Waals surface area contributed by atoms with Gasteiger partial charge in [-0.3, -0.25) is 4.68 Å². The van der Waals surface area contributed by atoms with Crippen molar-refractivity contribution in [2.24, 2.45) is 13.0 Å². The van der Waals surface area contributed by atoms with Crippen molar-refractivity contribution in [1.29, 1.82) is 0 Å². The number of hydrogen-bond acceptors (Lipinski definition) is 2. The van der Waals surface area contributed by atoms with E-state index in [0.29, 0.717) is 13.0 Å². The van der Waals surface area contributed by atoms with E-state index in [1.807, 2.05) is 25.6 Å². The van der Waals surface area contributed by atoms with Crippen molar-refractivity contribution in [3.63, 3.8) is 0 Å². The van der Waals surface area contributed by atoms with Crippen LogP contribution in [0.15, 0.2) is 0 Å². The molecule has 2 atom stereocenters. The molecule has 1 fully saturated rings. The topological polar surface area (TPSA) is 29.9 Å². The summed E-state index contributed by atoms with van der Waals surface area (Å²) >= 11 is 0. The van der Waals surface area contributed by atoms with Gasteiger partial charge in [0.25, 0.3) is 0 Å². The molecule has 1 aromatic heterocycles. The zero-order valence-electron chi connectivity index (χ0n) is 12.2. The fraction of sp³-hybridized carbons (Fsp3) is 0.786. The highest BCUT2D eigenvalue weighted by Gasteiger charge is 2.42. The van der Waals surface area contributed by atoms with Gasteiger partial charge in [0.15, 0.2) is 0 Å². The second-order valence-electron chi connectivity index (χ2n) is 5.76. The second kappa shape index (κ2) is 5.76. The van der Waals surface area contributed by atoms with Crippen LogP contribution in [0.3, 0.4) is 0 Å². The molecule has 6 heteroatoms. The number of nitrogens with zero attached hydrogens (tertiary/aromatic N) is 2. The van der Waals surface area contributed by atoms with Crippen molar-refractivity contribution in [2.75, 3.05) is 0 Å². The molecular formula is C14H22F3N3. The van der Waals surface area contributed by atoms with Crippen molar-refractivity contribution in [2.45, 2.75) is 58.3 Å². The van der Waals surface area contributed by atoms with Crippen LogP contribution in [0.1, 0.15) is 42.6 Å². The van der Waals surface area contributed by atoms with Crippen LogP contribution >= 0.6 is 0 Å². The number of alkyl halides is 3. The zero-order chi connectivity index (χ0) is 14.9. The van der Waals surface area contributed by atoms with Crippen LogP contribution in [0.5, 0.6) is 0 Å². The lowest BCUT2D eigenvalue weighted by Crippen LogP contribution is -2.38. The molecule has 0 amide bonds. The molecule has 1 heterocycles. The molecule has 20 heavy (non-hydrogen) atoms. The predicted molar refractivity (Wildman–Crippen MR) is 71.3 cm³/mol. The Balaban J connectivity index is 1.94. The third kappa shape index (κ3) is 3.34. The number of nitrogens with one attached hydrogen (secondary N) is 1. The van der Waals surface area contributed by atoms with Gasteiger partial charge in [-0.15, -0.1) is 0 Å². The summed E-state index contributed by atoms with van der Waals surface area (Å²) < 4.78 is 40.1. The SMILES string of the molecule is Cc1nn(C)c(C)c1CN[C@@H]1CCC[C@@H](C(F)(F)F)C1. The minimum Gasteiger partial charge on any atom is -0.310 e. The molecule has 1 aliphatic carbocycles. The minimum atomic E-state index is -4.06. The molecule has 1 aliphatic rings. The molecule has 0 spiro atoms. The van der Waals surface area contributed by atoms with Gasteiger partial charge in [-0.25, -0.2) is 0 Å². The van der Waals surface area contributed by atoms with E-state index in [1.54, 1.807) is 0 Å². The van der Waals surface area contributed by atoms with Crippen LogP contribution in [0.4, 0.5) is 13.2 Å². The van der Waals surface area contributed by atoms with Crippen LogP contribution < -0.4 is 5.32 Å². The van der Waals surface area contributed by atoms with Gasteiger partial charge in [-0.1, -0.05) is 6.42 Å². The molecule has 3 nitrogen and oxygen atoms in total. The Kier molecular flexibility index (Phi) is 4.42. The normalized spacial score (nSPS) is 24.1. The average molecular weight is 289 g/mol. The number of aryl methyl sites for hydroxylation is 2. The highest BCUT2D eigenvalue weighted by molar-refractivity contribution is 5.24. The van der Waals surface area contributed by atoms with Crippen LogP contribution in [0, 0.1) is 19.8 Å². The van der Waals surface area contributed by atoms with E-state index in [1.165, 1.54) is 0 Å². The van der Waals surface area contributed by atoms with Crippen molar-refractivity contribution in [1.82, 2.24) is 15.1 Å². The van der Waals surface area contributed by atoms with Crippen LogP contribution in [0.2, 0.25) is 0 Å². The summed E-state index contributed by atoms with van der Waals surface area (Å²) in [4.78, 5) is 0. The van der Waals surface area contributed by atoms with E-state index in [2.05, 4.69) is 10.4 Å². The largest absolute Gasteiger partial charge is 0.391 e. The Morgan fingerprint density at radius 1 is 1.30 bits per heavy atom. The van der Waals surface area contributed by atoms with E-state index >= 15 is 0 Å². The maximum Gasteiger partial charge on any atom is 0.391 e. The molecule has 1 aromatic rings. The Hall–Kier alpha value is -1.04. The quantitative estimate of drug-likeness (QED) is 0.925. The molecule has 1 saturated carbocycles. The lowest BCUT2D eigenvalue weighted by molar-refractivity contribution is -0.183. The fourth-order valence-electron chi connectivity index (χ4n) is 2.99. The predicted octanol–water partition coefficient (Wildman–Crippen LogP) is 3.25.